The molecule has 7 heteroatoms. The number of carbonyl (C=O) groups is 1. The Morgan fingerprint density at radius 2 is 1.79 bits per heavy atom. The molecule has 1 saturated heterocycles. The van der Waals surface area contributed by atoms with Crippen LogP contribution >= 0.6 is 0 Å². The molecule has 0 spiro atoms. The number of para-hydroxylation sites is 2. The molecule has 1 aliphatic rings. The third kappa shape index (κ3) is 4.67. The van der Waals surface area contributed by atoms with Crippen molar-refractivity contribution in [2.75, 3.05) is 63.3 Å². The van der Waals surface area contributed by atoms with Crippen LogP contribution in [0.2, 0.25) is 0 Å². The Kier molecular flexibility index (Phi) is 6.60. The number of methoxy groups -OCH3 is 2. The van der Waals surface area contributed by atoms with Gasteiger partial charge in [-0.1, -0.05) is 18.2 Å². The van der Waals surface area contributed by atoms with Gasteiger partial charge >= 0.3 is 6.09 Å². The lowest BCUT2D eigenvalue weighted by Crippen LogP contribution is -2.49. The molecule has 0 atom stereocenters. The lowest BCUT2D eigenvalue weighted by atomic mass is 10.2. The maximum Gasteiger partial charge on any atom is 0.411 e. The van der Waals surface area contributed by atoms with E-state index in [9.17, 15) is 9.90 Å². The van der Waals surface area contributed by atoms with Gasteiger partial charge in [0.15, 0.2) is 0 Å². The molecule has 150 valence electrons. The van der Waals surface area contributed by atoms with Crippen molar-refractivity contribution in [3.63, 3.8) is 0 Å². The van der Waals surface area contributed by atoms with Gasteiger partial charge in [0, 0.05) is 51.0 Å². The van der Waals surface area contributed by atoms with E-state index in [1.54, 1.807) is 26.4 Å². The highest BCUT2D eigenvalue weighted by atomic mass is 16.5. The van der Waals surface area contributed by atoms with Gasteiger partial charge in [-0.25, -0.2) is 4.79 Å². The van der Waals surface area contributed by atoms with Gasteiger partial charge in [0.05, 0.1) is 19.9 Å². The van der Waals surface area contributed by atoms with Crippen molar-refractivity contribution in [1.29, 1.82) is 0 Å². The van der Waals surface area contributed by atoms with Crippen LogP contribution in [0, 0.1) is 0 Å². The number of carboxylic acid groups (broad SMARTS) is 1. The van der Waals surface area contributed by atoms with Crippen LogP contribution in [-0.2, 0) is 0 Å². The van der Waals surface area contributed by atoms with E-state index in [0.29, 0.717) is 24.5 Å². The molecule has 1 aliphatic heterocycles. The first-order valence-corrected chi connectivity index (χ1v) is 9.37. The van der Waals surface area contributed by atoms with Crippen molar-refractivity contribution in [1.82, 2.24) is 4.90 Å². The minimum absolute atomic E-state index is 0.398. The molecule has 1 N–H and O–H groups in total. The Labute approximate surface area is 165 Å². The number of hydrogen-bond donors (Lipinski definition) is 1. The topological polar surface area (TPSA) is 65.5 Å². The van der Waals surface area contributed by atoms with Gasteiger partial charge in [-0.15, -0.1) is 0 Å². The Morgan fingerprint density at radius 3 is 2.46 bits per heavy atom. The molecule has 0 bridgehead atoms. The molecule has 3 rings (SSSR count). The SMILES string of the molecule is COc1cccc(N2CCN(CCN(C(=O)O)c3ccccc3OC)CC2)c1. The lowest BCUT2D eigenvalue weighted by Gasteiger charge is -2.37. The van der Waals surface area contributed by atoms with Crippen LogP contribution < -0.4 is 19.3 Å². The minimum Gasteiger partial charge on any atom is -0.497 e. The lowest BCUT2D eigenvalue weighted by molar-refractivity contribution is 0.198. The molecule has 2 aromatic rings. The van der Waals surface area contributed by atoms with Crippen LogP contribution in [0.25, 0.3) is 0 Å². The molecule has 28 heavy (non-hydrogen) atoms. The fraction of sp³-hybridized carbons (Fsp3) is 0.381. The zero-order chi connectivity index (χ0) is 19.9. The number of piperazine rings is 1. The van der Waals surface area contributed by atoms with Crippen molar-refractivity contribution in [2.45, 2.75) is 0 Å². The summed E-state index contributed by atoms with van der Waals surface area (Å²) in [5.41, 5.74) is 1.73. The quantitative estimate of drug-likeness (QED) is 0.790. The minimum atomic E-state index is -0.973. The van der Waals surface area contributed by atoms with Crippen molar-refractivity contribution in [3.8, 4) is 11.5 Å². The third-order valence-electron chi connectivity index (χ3n) is 5.04. The molecular weight excluding hydrogens is 358 g/mol. The summed E-state index contributed by atoms with van der Waals surface area (Å²) in [7, 11) is 3.23. The summed E-state index contributed by atoms with van der Waals surface area (Å²) in [4.78, 5) is 17.7. The average molecular weight is 385 g/mol. The number of benzene rings is 2. The molecular formula is C21H27N3O4. The summed E-state index contributed by atoms with van der Waals surface area (Å²) >= 11 is 0. The first kappa shape index (κ1) is 19.8. The van der Waals surface area contributed by atoms with Gasteiger partial charge in [0.25, 0.3) is 0 Å². The van der Waals surface area contributed by atoms with Gasteiger partial charge in [-0.2, -0.15) is 0 Å². The van der Waals surface area contributed by atoms with Gasteiger partial charge < -0.3 is 19.5 Å². The fourth-order valence-corrected chi connectivity index (χ4v) is 3.45. The van der Waals surface area contributed by atoms with E-state index in [-0.39, 0.29) is 0 Å². The molecule has 1 amide bonds. The number of hydrogen-bond acceptors (Lipinski definition) is 5. The van der Waals surface area contributed by atoms with Crippen LogP contribution in [0.1, 0.15) is 0 Å². The second-order valence-corrected chi connectivity index (χ2v) is 6.64. The molecule has 7 nitrogen and oxygen atoms in total. The molecule has 0 aliphatic carbocycles. The third-order valence-corrected chi connectivity index (χ3v) is 5.04. The van der Waals surface area contributed by atoms with Crippen LogP contribution in [0.15, 0.2) is 48.5 Å². The number of rotatable bonds is 7. The van der Waals surface area contributed by atoms with Gasteiger partial charge in [-0.3, -0.25) is 9.80 Å². The number of ether oxygens (including phenoxy) is 2. The highest BCUT2D eigenvalue weighted by Crippen LogP contribution is 2.28. The Hall–Kier alpha value is -2.93. The number of nitrogens with zero attached hydrogens (tertiary/aromatic N) is 3. The van der Waals surface area contributed by atoms with Gasteiger partial charge in [-0.05, 0) is 24.3 Å². The summed E-state index contributed by atoms with van der Waals surface area (Å²) in [6.07, 6.45) is -0.973. The predicted molar refractivity (Wildman–Crippen MR) is 110 cm³/mol. The zero-order valence-corrected chi connectivity index (χ0v) is 16.4. The van der Waals surface area contributed by atoms with Crippen molar-refractivity contribution < 1.29 is 19.4 Å². The van der Waals surface area contributed by atoms with Crippen LogP contribution in [0.3, 0.4) is 0 Å². The van der Waals surface area contributed by atoms with Crippen LogP contribution in [-0.4, -0.2) is 69.6 Å². The summed E-state index contributed by atoms with van der Waals surface area (Å²) in [6, 6.07) is 15.3. The molecule has 2 aromatic carbocycles. The summed E-state index contributed by atoms with van der Waals surface area (Å²) in [6.45, 7) is 4.64. The molecule has 0 aromatic heterocycles. The Balaban J connectivity index is 1.57. The van der Waals surface area contributed by atoms with Gasteiger partial charge in [0.2, 0.25) is 0 Å². The molecule has 1 fully saturated rings. The maximum absolute atomic E-state index is 11.8. The number of amides is 1. The molecule has 0 saturated carbocycles. The van der Waals surface area contributed by atoms with E-state index in [4.69, 9.17) is 9.47 Å². The van der Waals surface area contributed by atoms with E-state index in [0.717, 1.165) is 37.6 Å². The fourth-order valence-electron chi connectivity index (χ4n) is 3.45. The zero-order valence-electron chi connectivity index (χ0n) is 16.4. The second-order valence-electron chi connectivity index (χ2n) is 6.64. The van der Waals surface area contributed by atoms with Gasteiger partial charge in [0.1, 0.15) is 11.5 Å². The second kappa shape index (κ2) is 9.32. The highest BCUT2D eigenvalue weighted by Gasteiger charge is 2.22. The van der Waals surface area contributed by atoms with E-state index >= 15 is 0 Å². The normalized spacial score (nSPS) is 14.6. The van der Waals surface area contributed by atoms with Crippen LogP contribution in [0.4, 0.5) is 16.2 Å². The predicted octanol–water partition coefficient (Wildman–Crippen LogP) is 3.01. The molecule has 1 heterocycles. The monoisotopic (exact) mass is 385 g/mol. The number of anilines is 2. The summed E-state index contributed by atoms with van der Waals surface area (Å²) in [5, 5.41) is 9.65. The first-order chi connectivity index (χ1) is 13.6. The largest absolute Gasteiger partial charge is 0.497 e. The van der Waals surface area contributed by atoms with Crippen molar-refractivity contribution in [2.24, 2.45) is 0 Å². The van der Waals surface area contributed by atoms with Crippen molar-refractivity contribution >= 4 is 17.5 Å². The standard InChI is InChI=1S/C21H27N3O4/c1-27-18-7-5-6-17(16-18)23-13-10-22(11-14-23)12-15-24(21(25)26)19-8-3-4-9-20(19)28-2/h3-9,16H,10-15H2,1-2H3,(H,25,26). The van der Waals surface area contributed by atoms with Crippen molar-refractivity contribution in [3.05, 3.63) is 48.5 Å². The van der Waals surface area contributed by atoms with E-state index in [2.05, 4.69) is 15.9 Å². The summed E-state index contributed by atoms with van der Waals surface area (Å²) < 4.78 is 10.6. The Morgan fingerprint density at radius 1 is 1.04 bits per heavy atom. The van der Waals surface area contributed by atoms with E-state index in [1.165, 1.54) is 4.90 Å². The maximum atomic E-state index is 11.8. The smallest absolute Gasteiger partial charge is 0.411 e. The van der Waals surface area contributed by atoms with E-state index in [1.807, 2.05) is 30.3 Å². The summed E-state index contributed by atoms with van der Waals surface area (Å²) in [5.74, 6) is 1.42. The molecule has 0 unspecified atom stereocenters. The average Bonchev–Trinajstić information content (AvgIpc) is 2.74. The molecule has 0 radical (unpaired) electrons. The van der Waals surface area contributed by atoms with Crippen LogP contribution in [0.5, 0.6) is 11.5 Å². The van der Waals surface area contributed by atoms with E-state index < -0.39 is 6.09 Å². The first-order valence-electron chi connectivity index (χ1n) is 9.37. The highest BCUT2D eigenvalue weighted by molar-refractivity contribution is 5.88. The Bertz CT molecular complexity index is 791.